The van der Waals surface area contributed by atoms with Gasteiger partial charge in [-0.25, -0.2) is 18.4 Å². The molecule has 1 aliphatic rings. The maximum atomic E-state index is 12.9. The van der Waals surface area contributed by atoms with Crippen molar-refractivity contribution >= 4 is 12.1 Å². The molecule has 1 rings (SSSR count). The van der Waals surface area contributed by atoms with Gasteiger partial charge in [-0.1, -0.05) is 0 Å². The number of ether oxygens (including phenoxy) is 2. The van der Waals surface area contributed by atoms with Crippen molar-refractivity contribution in [1.82, 2.24) is 5.32 Å². The highest BCUT2D eigenvalue weighted by molar-refractivity contribution is 5.87. The molecule has 7 heteroatoms. The monoisotopic (exact) mass is 265 g/mol. The minimum atomic E-state index is -2.97. The molecular weight excluding hydrogens is 248 g/mol. The van der Waals surface area contributed by atoms with Crippen molar-refractivity contribution in [3.8, 4) is 0 Å². The highest BCUT2D eigenvalue weighted by Gasteiger charge is 2.63. The molecule has 0 spiro atoms. The molecule has 0 saturated heterocycles. The Morgan fingerprint density at radius 1 is 1.22 bits per heavy atom. The predicted octanol–water partition coefficient (Wildman–Crippen LogP) is 1.85. The lowest BCUT2D eigenvalue weighted by atomic mass is 9.73. The maximum absolute atomic E-state index is 12.9. The molecule has 0 heterocycles. The summed E-state index contributed by atoms with van der Waals surface area (Å²) in [5, 5.41) is 2.18. The lowest BCUT2D eigenvalue weighted by Gasteiger charge is -2.44. The van der Waals surface area contributed by atoms with Crippen LogP contribution in [0.4, 0.5) is 13.6 Å². The number of alkyl carbamates (subject to hydrolysis) is 1. The second-order valence-corrected chi connectivity index (χ2v) is 5.41. The number of alkyl halides is 2. The summed E-state index contributed by atoms with van der Waals surface area (Å²) >= 11 is 0. The van der Waals surface area contributed by atoms with Gasteiger partial charge in [-0.2, -0.15) is 0 Å². The minimum Gasteiger partial charge on any atom is -0.467 e. The summed E-state index contributed by atoms with van der Waals surface area (Å²) in [4.78, 5) is 23.0. The first-order chi connectivity index (χ1) is 8.00. The average Bonchev–Trinajstić information content (AvgIpc) is 2.09. The zero-order valence-electron chi connectivity index (χ0n) is 10.8. The van der Waals surface area contributed by atoms with Gasteiger partial charge in [0.05, 0.1) is 7.11 Å². The van der Waals surface area contributed by atoms with Gasteiger partial charge in [-0.3, -0.25) is 0 Å². The van der Waals surface area contributed by atoms with E-state index in [2.05, 4.69) is 10.1 Å². The summed E-state index contributed by atoms with van der Waals surface area (Å²) in [5.41, 5.74) is -2.45. The Morgan fingerprint density at radius 3 is 2.06 bits per heavy atom. The first kappa shape index (κ1) is 14.7. The van der Waals surface area contributed by atoms with Gasteiger partial charge in [0.25, 0.3) is 5.92 Å². The largest absolute Gasteiger partial charge is 0.467 e. The Morgan fingerprint density at radius 2 is 1.72 bits per heavy atom. The number of halogens is 2. The van der Waals surface area contributed by atoms with Crippen LogP contribution in [-0.4, -0.2) is 36.2 Å². The van der Waals surface area contributed by atoms with Crippen LogP contribution in [0.5, 0.6) is 0 Å². The SMILES string of the molecule is COC(=O)C1(NC(=O)OC(C)(C)C)CC(F)(F)C1. The number of methoxy groups -OCH3 is 1. The smallest absolute Gasteiger partial charge is 0.408 e. The van der Waals surface area contributed by atoms with E-state index in [1.54, 1.807) is 20.8 Å². The van der Waals surface area contributed by atoms with Crippen LogP contribution in [0, 0.1) is 0 Å². The molecule has 1 fully saturated rings. The van der Waals surface area contributed by atoms with Crippen LogP contribution in [-0.2, 0) is 14.3 Å². The van der Waals surface area contributed by atoms with Crippen LogP contribution in [0.3, 0.4) is 0 Å². The third kappa shape index (κ3) is 3.30. The van der Waals surface area contributed by atoms with Gasteiger partial charge in [0.1, 0.15) is 5.60 Å². The summed E-state index contributed by atoms with van der Waals surface area (Å²) in [5.74, 6) is -3.86. The summed E-state index contributed by atoms with van der Waals surface area (Å²) in [7, 11) is 1.08. The first-order valence-electron chi connectivity index (χ1n) is 5.47. The Kier molecular flexibility index (Phi) is 3.56. The van der Waals surface area contributed by atoms with Crippen molar-refractivity contribution in [2.45, 2.75) is 50.7 Å². The van der Waals surface area contributed by atoms with Gasteiger partial charge in [-0.05, 0) is 20.8 Å². The molecule has 1 aliphatic carbocycles. The number of nitrogens with one attached hydrogen (secondary N) is 1. The Labute approximate surface area is 104 Å². The van der Waals surface area contributed by atoms with Crippen molar-refractivity contribution in [3.05, 3.63) is 0 Å². The van der Waals surface area contributed by atoms with Gasteiger partial charge in [0.15, 0.2) is 5.54 Å². The van der Waals surface area contributed by atoms with Gasteiger partial charge in [-0.15, -0.1) is 0 Å². The van der Waals surface area contributed by atoms with Crippen molar-refractivity contribution in [1.29, 1.82) is 0 Å². The molecule has 0 bridgehead atoms. The quantitative estimate of drug-likeness (QED) is 0.774. The lowest BCUT2D eigenvalue weighted by molar-refractivity contribution is -0.179. The highest BCUT2D eigenvalue weighted by Crippen LogP contribution is 2.46. The van der Waals surface area contributed by atoms with Gasteiger partial charge >= 0.3 is 12.1 Å². The molecule has 1 N–H and O–H groups in total. The van der Waals surface area contributed by atoms with Crippen LogP contribution >= 0.6 is 0 Å². The number of hydrogen-bond acceptors (Lipinski definition) is 4. The van der Waals surface area contributed by atoms with E-state index in [4.69, 9.17) is 4.74 Å². The maximum Gasteiger partial charge on any atom is 0.408 e. The third-order valence-corrected chi connectivity index (χ3v) is 2.44. The predicted molar refractivity (Wildman–Crippen MR) is 58.3 cm³/mol. The van der Waals surface area contributed by atoms with Crippen LogP contribution < -0.4 is 5.32 Å². The molecule has 18 heavy (non-hydrogen) atoms. The van der Waals surface area contributed by atoms with Crippen molar-refractivity contribution in [3.63, 3.8) is 0 Å². The van der Waals surface area contributed by atoms with Crippen molar-refractivity contribution in [2.24, 2.45) is 0 Å². The van der Waals surface area contributed by atoms with E-state index in [0.29, 0.717) is 0 Å². The third-order valence-electron chi connectivity index (χ3n) is 2.44. The Hall–Kier alpha value is -1.40. The van der Waals surface area contributed by atoms with E-state index in [1.165, 1.54) is 0 Å². The molecule has 0 aromatic heterocycles. The fourth-order valence-corrected chi connectivity index (χ4v) is 1.81. The molecular formula is C11H17F2NO4. The van der Waals surface area contributed by atoms with Gasteiger partial charge < -0.3 is 14.8 Å². The van der Waals surface area contributed by atoms with Crippen molar-refractivity contribution in [2.75, 3.05) is 7.11 Å². The first-order valence-corrected chi connectivity index (χ1v) is 5.47. The van der Waals surface area contributed by atoms with Crippen LogP contribution in [0.2, 0.25) is 0 Å². The summed E-state index contributed by atoms with van der Waals surface area (Å²) < 4.78 is 35.2. The topological polar surface area (TPSA) is 64.6 Å². The number of esters is 1. The van der Waals surface area contributed by atoms with Crippen LogP contribution in [0.25, 0.3) is 0 Å². The number of carbonyl (C=O) groups excluding carboxylic acids is 2. The van der Waals surface area contributed by atoms with Crippen LogP contribution in [0.15, 0.2) is 0 Å². The number of amides is 1. The fraction of sp³-hybridized carbons (Fsp3) is 0.818. The minimum absolute atomic E-state index is 0.770. The molecule has 0 radical (unpaired) electrons. The van der Waals surface area contributed by atoms with Crippen LogP contribution in [0.1, 0.15) is 33.6 Å². The normalized spacial score (nSPS) is 20.6. The molecule has 1 saturated carbocycles. The van der Waals surface area contributed by atoms with E-state index >= 15 is 0 Å². The number of rotatable bonds is 2. The summed E-state index contributed by atoms with van der Waals surface area (Å²) in [6, 6.07) is 0. The van der Waals surface area contributed by atoms with E-state index in [0.717, 1.165) is 7.11 Å². The van der Waals surface area contributed by atoms with Crippen molar-refractivity contribution < 1.29 is 27.8 Å². The molecule has 0 unspecified atom stereocenters. The molecule has 104 valence electrons. The average molecular weight is 265 g/mol. The van der Waals surface area contributed by atoms with E-state index in [1.807, 2.05) is 0 Å². The number of carbonyl (C=O) groups is 2. The summed E-state index contributed by atoms with van der Waals surface area (Å²) in [6.45, 7) is 4.90. The molecule has 0 atom stereocenters. The Bertz CT molecular complexity index is 355. The fourth-order valence-electron chi connectivity index (χ4n) is 1.81. The molecule has 5 nitrogen and oxygen atoms in total. The summed E-state index contributed by atoms with van der Waals surface area (Å²) in [6.07, 6.45) is -2.46. The van der Waals surface area contributed by atoms with E-state index < -0.39 is 42.0 Å². The highest BCUT2D eigenvalue weighted by atomic mass is 19.3. The molecule has 0 aromatic rings. The van der Waals surface area contributed by atoms with Gasteiger partial charge in [0.2, 0.25) is 0 Å². The van der Waals surface area contributed by atoms with Gasteiger partial charge in [0, 0.05) is 12.8 Å². The van der Waals surface area contributed by atoms with E-state index in [9.17, 15) is 18.4 Å². The lowest BCUT2D eigenvalue weighted by Crippen LogP contribution is -2.67. The zero-order valence-corrected chi connectivity index (χ0v) is 10.8. The molecule has 1 amide bonds. The molecule has 0 aromatic carbocycles. The standard InChI is InChI=1S/C11H17F2NO4/c1-9(2,3)18-8(16)14-10(7(15)17-4)5-11(12,13)6-10/h5-6H2,1-4H3,(H,14,16). The molecule has 0 aliphatic heterocycles. The Balaban J connectivity index is 2.71. The second kappa shape index (κ2) is 4.37. The second-order valence-electron chi connectivity index (χ2n) is 5.41. The van der Waals surface area contributed by atoms with E-state index in [-0.39, 0.29) is 0 Å². The number of hydrogen-bond donors (Lipinski definition) is 1. The zero-order chi connectivity index (χ0) is 14.2.